The average molecular weight is 288 g/mol. The summed E-state index contributed by atoms with van der Waals surface area (Å²) in [5, 5.41) is 3.17. The maximum absolute atomic E-state index is 13.5. The SMILES string of the molecule is CSC1(CNC(=O)c2cc(Cl)ccc2F)CCC1. The van der Waals surface area contributed by atoms with Gasteiger partial charge >= 0.3 is 0 Å². The lowest BCUT2D eigenvalue weighted by Crippen LogP contribution is -2.45. The van der Waals surface area contributed by atoms with Crippen LogP contribution in [0.3, 0.4) is 0 Å². The second-order valence-corrected chi connectivity index (χ2v) is 6.26. The quantitative estimate of drug-likeness (QED) is 0.918. The van der Waals surface area contributed by atoms with E-state index in [9.17, 15) is 9.18 Å². The Bertz CT molecular complexity index is 457. The van der Waals surface area contributed by atoms with Gasteiger partial charge in [-0.05, 0) is 37.3 Å². The summed E-state index contributed by atoms with van der Waals surface area (Å²) in [6, 6.07) is 4.01. The first kappa shape index (κ1) is 13.7. The third-order valence-corrected chi connectivity index (χ3v) is 5.10. The lowest BCUT2D eigenvalue weighted by atomic mass is 9.84. The van der Waals surface area contributed by atoms with Crippen molar-refractivity contribution in [2.45, 2.75) is 24.0 Å². The van der Waals surface area contributed by atoms with Gasteiger partial charge in [-0.25, -0.2) is 4.39 Å². The van der Waals surface area contributed by atoms with E-state index in [1.54, 1.807) is 11.8 Å². The van der Waals surface area contributed by atoms with E-state index in [1.165, 1.54) is 24.6 Å². The minimum absolute atomic E-state index is 0.0121. The van der Waals surface area contributed by atoms with Gasteiger partial charge in [0.1, 0.15) is 5.82 Å². The highest BCUT2D eigenvalue weighted by atomic mass is 35.5. The molecule has 0 unspecified atom stereocenters. The van der Waals surface area contributed by atoms with Crippen LogP contribution in [0.4, 0.5) is 4.39 Å². The highest BCUT2D eigenvalue weighted by Gasteiger charge is 2.36. The molecule has 2 rings (SSSR count). The van der Waals surface area contributed by atoms with Crippen LogP contribution in [0.15, 0.2) is 18.2 Å². The summed E-state index contributed by atoms with van der Waals surface area (Å²) >= 11 is 7.53. The van der Waals surface area contributed by atoms with Crippen molar-refractivity contribution in [2.75, 3.05) is 12.8 Å². The first-order chi connectivity index (χ1) is 8.56. The number of thioether (sulfide) groups is 1. The first-order valence-electron chi connectivity index (χ1n) is 5.85. The fourth-order valence-electron chi connectivity index (χ4n) is 2.03. The van der Waals surface area contributed by atoms with Gasteiger partial charge in [0.05, 0.1) is 5.56 Å². The van der Waals surface area contributed by atoms with E-state index in [-0.39, 0.29) is 10.3 Å². The zero-order valence-corrected chi connectivity index (χ0v) is 11.7. The van der Waals surface area contributed by atoms with Gasteiger partial charge in [-0.1, -0.05) is 18.0 Å². The molecular formula is C13H15ClFNOS. The number of nitrogens with one attached hydrogen (secondary N) is 1. The highest BCUT2D eigenvalue weighted by molar-refractivity contribution is 8.00. The van der Waals surface area contributed by atoms with Crippen LogP contribution in [0.5, 0.6) is 0 Å². The molecule has 0 aromatic heterocycles. The zero-order valence-electron chi connectivity index (χ0n) is 10.1. The van der Waals surface area contributed by atoms with Crippen LogP contribution in [0.25, 0.3) is 0 Å². The van der Waals surface area contributed by atoms with Crippen molar-refractivity contribution in [2.24, 2.45) is 0 Å². The molecule has 18 heavy (non-hydrogen) atoms. The van der Waals surface area contributed by atoms with E-state index in [4.69, 9.17) is 11.6 Å². The fraction of sp³-hybridized carbons (Fsp3) is 0.462. The van der Waals surface area contributed by atoms with Crippen molar-refractivity contribution in [1.29, 1.82) is 0 Å². The maximum atomic E-state index is 13.5. The Hall–Kier alpha value is -0.740. The second kappa shape index (κ2) is 5.49. The molecule has 0 atom stereocenters. The van der Waals surface area contributed by atoms with E-state index >= 15 is 0 Å². The Kier molecular flexibility index (Phi) is 4.17. The van der Waals surface area contributed by atoms with Crippen molar-refractivity contribution in [3.63, 3.8) is 0 Å². The molecule has 1 fully saturated rings. The summed E-state index contributed by atoms with van der Waals surface area (Å²) in [6.45, 7) is 0.582. The molecule has 1 aromatic rings. The molecule has 0 bridgehead atoms. The second-order valence-electron chi connectivity index (χ2n) is 4.55. The molecule has 0 saturated heterocycles. The molecule has 1 aliphatic rings. The van der Waals surface area contributed by atoms with Gasteiger partial charge in [0.2, 0.25) is 0 Å². The minimum Gasteiger partial charge on any atom is -0.351 e. The third-order valence-electron chi connectivity index (χ3n) is 3.44. The molecular weight excluding hydrogens is 273 g/mol. The van der Waals surface area contributed by atoms with E-state index in [0.29, 0.717) is 11.6 Å². The number of carbonyl (C=O) groups excluding carboxylic acids is 1. The molecule has 1 aliphatic carbocycles. The van der Waals surface area contributed by atoms with Gasteiger partial charge in [0.25, 0.3) is 5.91 Å². The number of benzene rings is 1. The Morgan fingerprint density at radius 3 is 2.83 bits per heavy atom. The molecule has 1 saturated carbocycles. The molecule has 98 valence electrons. The summed E-state index contributed by atoms with van der Waals surface area (Å²) in [5.74, 6) is -0.931. The Balaban J connectivity index is 2.01. The van der Waals surface area contributed by atoms with Gasteiger partial charge in [0, 0.05) is 16.3 Å². The molecule has 0 heterocycles. The highest BCUT2D eigenvalue weighted by Crippen LogP contribution is 2.42. The largest absolute Gasteiger partial charge is 0.351 e. The Morgan fingerprint density at radius 1 is 1.56 bits per heavy atom. The molecule has 1 aromatic carbocycles. The topological polar surface area (TPSA) is 29.1 Å². The minimum atomic E-state index is -0.538. The summed E-state index contributed by atoms with van der Waals surface area (Å²) in [6.07, 6.45) is 5.45. The van der Waals surface area contributed by atoms with Gasteiger partial charge in [-0.3, -0.25) is 4.79 Å². The molecule has 0 spiro atoms. The van der Waals surface area contributed by atoms with E-state index in [2.05, 4.69) is 5.32 Å². The Morgan fingerprint density at radius 2 is 2.28 bits per heavy atom. The van der Waals surface area contributed by atoms with Gasteiger partial charge in [0.15, 0.2) is 0 Å². The Labute approximate surface area is 115 Å². The van der Waals surface area contributed by atoms with E-state index in [0.717, 1.165) is 12.8 Å². The average Bonchev–Trinajstić information content (AvgIpc) is 2.31. The summed E-state index contributed by atoms with van der Waals surface area (Å²) in [4.78, 5) is 11.9. The predicted molar refractivity (Wildman–Crippen MR) is 73.8 cm³/mol. The molecule has 1 N–H and O–H groups in total. The monoisotopic (exact) mass is 287 g/mol. The van der Waals surface area contributed by atoms with Crippen molar-refractivity contribution in [1.82, 2.24) is 5.32 Å². The molecule has 0 radical (unpaired) electrons. The number of carbonyl (C=O) groups is 1. The van der Waals surface area contributed by atoms with Crippen molar-refractivity contribution in [3.05, 3.63) is 34.6 Å². The number of rotatable bonds is 4. The number of hydrogen-bond acceptors (Lipinski definition) is 2. The van der Waals surface area contributed by atoms with E-state index < -0.39 is 11.7 Å². The molecule has 1 amide bonds. The van der Waals surface area contributed by atoms with Crippen LogP contribution in [0.2, 0.25) is 5.02 Å². The summed E-state index contributed by atoms with van der Waals surface area (Å²) in [5.41, 5.74) is 0.0121. The molecule has 2 nitrogen and oxygen atoms in total. The normalized spacial score (nSPS) is 17.1. The zero-order chi connectivity index (χ0) is 13.2. The van der Waals surface area contributed by atoms with E-state index in [1.807, 2.05) is 6.26 Å². The fourth-order valence-corrected chi connectivity index (χ4v) is 3.12. The van der Waals surface area contributed by atoms with Crippen LogP contribution in [-0.4, -0.2) is 23.5 Å². The van der Waals surface area contributed by atoms with Gasteiger partial charge in [-0.15, -0.1) is 0 Å². The summed E-state index contributed by atoms with van der Waals surface area (Å²) in [7, 11) is 0. The third kappa shape index (κ3) is 2.81. The van der Waals surface area contributed by atoms with Crippen LogP contribution >= 0.6 is 23.4 Å². The summed E-state index contributed by atoms with van der Waals surface area (Å²) < 4.78 is 13.6. The van der Waals surface area contributed by atoms with Crippen LogP contribution in [-0.2, 0) is 0 Å². The van der Waals surface area contributed by atoms with Crippen LogP contribution < -0.4 is 5.32 Å². The van der Waals surface area contributed by atoms with Gasteiger partial charge < -0.3 is 5.32 Å². The van der Waals surface area contributed by atoms with Crippen molar-refractivity contribution < 1.29 is 9.18 Å². The standard InChI is InChI=1S/C13H15ClFNOS/c1-18-13(5-2-6-13)8-16-12(17)10-7-9(14)3-4-11(10)15/h3-4,7H,2,5-6,8H2,1H3,(H,16,17). The van der Waals surface area contributed by atoms with Crippen LogP contribution in [0, 0.1) is 5.82 Å². The van der Waals surface area contributed by atoms with Crippen LogP contribution in [0.1, 0.15) is 29.6 Å². The lowest BCUT2D eigenvalue weighted by Gasteiger charge is -2.40. The predicted octanol–water partition coefficient (Wildman–Crippen LogP) is 3.49. The number of halogens is 2. The smallest absolute Gasteiger partial charge is 0.254 e. The maximum Gasteiger partial charge on any atom is 0.254 e. The lowest BCUT2D eigenvalue weighted by molar-refractivity contribution is 0.0940. The van der Waals surface area contributed by atoms with Crippen molar-refractivity contribution >= 4 is 29.3 Å². The molecule has 5 heteroatoms. The van der Waals surface area contributed by atoms with Gasteiger partial charge in [-0.2, -0.15) is 11.8 Å². The number of amides is 1. The first-order valence-corrected chi connectivity index (χ1v) is 7.45. The number of hydrogen-bond donors (Lipinski definition) is 1. The van der Waals surface area contributed by atoms with Crippen molar-refractivity contribution in [3.8, 4) is 0 Å². The molecule has 0 aliphatic heterocycles.